The summed E-state index contributed by atoms with van der Waals surface area (Å²) in [4.78, 5) is 23.4. The van der Waals surface area contributed by atoms with Crippen LogP contribution in [0.4, 0.5) is 17.6 Å². The molecule has 1 fully saturated rings. The zero-order valence-electron chi connectivity index (χ0n) is 18.6. The minimum Gasteiger partial charge on any atom is -0.366 e. The number of halogens is 4. The van der Waals surface area contributed by atoms with Crippen LogP contribution in [0.1, 0.15) is 22.3 Å². The van der Waals surface area contributed by atoms with Crippen LogP contribution in [0.5, 0.6) is 0 Å². The van der Waals surface area contributed by atoms with Crippen LogP contribution in [0, 0.1) is 23.0 Å². The van der Waals surface area contributed by atoms with E-state index >= 15 is 8.78 Å². The fraction of sp³-hybridized carbons (Fsp3) is 0.261. The Morgan fingerprint density at radius 1 is 1.25 bits per heavy atom. The van der Waals surface area contributed by atoms with Gasteiger partial charge in [0.05, 0.1) is 36.4 Å². The number of likely N-dealkylation sites (tertiary alicyclic amines) is 1. The van der Waals surface area contributed by atoms with Gasteiger partial charge in [-0.1, -0.05) is 0 Å². The summed E-state index contributed by atoms with van der Waals surface area (Å²) >= 11 is 0. The number of aromatic amines is 1. The van der Waals surface area contributed by atoms with Gasteiger partial charge in [-0.25, -0.2) is 23.6 Å². The lowest BCUT2D eigenvalue weighted by Gasteiger charge is -2.51. The normalized spacial score (nSPS) is 15.5. The molecular weight excluding hydrogens is 480 g/mol. The quantitative estimate of drug-likeness (QED) is 0.298. The van der Waals surface area contributed by atoms with Crippen molar-refractivity contribution in [3.63, 3.8) is 0 Å². The number of rotatable bonds is 7. The summed E-state index contributed by atoms with van der Waals surface area (Å²) in [6.45, 7) is -0.497. The van der Waals surface area contributed by atoms with E-state index in [2.05, 4.69) is 20.1 Å². The van der Waals surface area contributed by atoms with Crippen LogP contribution in [0.25, 0.3) is 22.3 Å². The second-order valence-electron chi connectivity index (χ2n) is 8.68. The monoisotopic (exact) mass is 498 g/mol. The highest BCUT2D eigenvalue weighted by molar-refractivity contribution is 5.93. The molecule has 5 rings (SSSR count). The molecule has 0 atom stereocenters. The summed E-state index contributed by atoms with van der Waals surface area (Å²) in [5, 5.41) is 14.5. The van der Waals surface area contributed by atoms with Crippen molar-refractivity contribution in [2.45, 2.75) is 24.4 Å². The Bertz CT molecular complexity index is 1520. The number of amides is 1. The van der Waals surface area contributed by atoms with Crippen molar-refractivity contribution in [3.8, 4) is 17.3 Å². The fourth-order valence-electron chi connectivity index (χ4n) is 4.44. The van der Waals surface area contributed by atoms with E-state index in [9.17, 15) is 18.8 Å². The second-order valence-corrected chi connectivity index (χ2v) is 8.68. The molecular formula is C23H18F4N8O. The molecule has 36 heavy (non-hydrogen) atoms. The number of nitrogens with two attached hydrogens (primary N) is 1. The van der Waals surface area contributed by atoms with E-state index in [0.29, 0.717) is 29.0 Å². The Hall–Kier alpha value is -4.31. The van der Waals surface area contributed by atoms with E-state index in [0.717, 1.165) is 10.3 Å². The van der Waals surface area contributed by atoms with Gasteiger partial charge in [-0.2, -0.15) is 19.1 Å². The first-order valence-corrected chi connectivity index (χ1v) is 10.7. The predicted octanol–water partition coefficient (Wildman–Crippen LogP) is 2.96. The third-order valence-electron chi connectivity index (χ3n) is 6.34. The van der Waals surface area contributed by atoms with Crippen molar-refractivity contribution in [3.05, 3.63) is 65.9 Å². The maximum atomic E-state index is 15.0. The minimum absolute atomic E-state index is 0.0969. The summed E-state index contributed by atoms with van der Waals surface area (Å²) in [5.41, 5.74) is 4.46. The first kappa shape index (κ1) is 23.4. The van der Waals surface area contributed by atoms with Crippen LogP contribution in [-0.4, -0.2) is 54.7 Å². The average molecular weight is 498 g/mol. The van der Waals surface area contributed by atoms with Crippen LogP contribution >= 0.6 is 0 Å². The molecule has 0 bridgehead atoms. The number of carbonyl (C=O) groups is 1. The number of aromatic nitrogens is 5. The topological polar surface area (TPSA) is 130 Å². The van der Waals surface area contributed by atoms with Crippen molar-refractivity contribution < 1.29 is 22.4 Å². The van der Waals surface area contributed by atoms with Crippen molar-refractivity contribution in [2.75, 3.05) is 13.1 Å². The number of H-pyrrole nitrogens is 1. The SMILES string of the molecule is N#CCC1(n2cc(-c3ncnc4[nH]ccc34)cn2)CN(C(F)(F)Cc2cc(F)c(C(N)=O)cc2F)C1. The minimum atomic E-state index is -3.56. The third kappa shape index (κ3) is 3.85. The molecule has 1 aliphatic rings. The van der Waals surface area contributed by atoms with Gasteiger partial charge in [-0.05, 0) is 23.8 Å². The van der Waals surface area contributed by atoms with E-state index in [1.165, 1.54) is 17.2 Å². The fourth-order valence-corrected chi connectivity index (χ4v) is 4.44. The number of primary amides is 1. The van der Waals surface area contributed by atoms with Gasteiger partial charge < -0.3 is 10.7 Å². The maximum absolute atomic E-state index is 15.0. The van der Waals surface area contributed by atoms with Gasteiger partial charge in [-0.15, -0.1) is 0 Å². The Morgan fingerprint density at radius 3 is 2.75 bits per heavy atom. The number of hydrogen-bond donors (Lipinski definition) is 2. The lowest BCUT2D eigenvalue weighted by Crippen LogP contribution is -2.67. The molecule has 0 unspecified atom stereocenters. The molecule has 184 valence electrons. The summed E-state index contributed by atoms with van der Waals surface area (Å²) in [6, 6.07) is 1.33. The molecule has 13 heteroatoms. The van der Waals surface area contributed by atoms with E-state index in [1.807, 2.05) is 6.07 Å². The van der Waals surface area contributed by atoms with Gasteiger partial charge in [0.2, 0.25) is 0 Å². The van der Waals surface area contributed by atoms with Crippen LogP contribution in [-0.2, 0) is 12.0 Å². The largest absolute Gasteiger partial charge is 0.366 e. The number of nitrogens with one attached hydrogen (secondary N) is 1. The van der Waals surface area contributed by atoms with Crippen molar-refractivity contribution in [1.82, 2.24) is 29.6 Å². The van der Waals surface area contributed by atoms with Crippen LogP contribution in [0.15, 0.2) is 43.1 Å². The Kier molecular flexibility index (Phi) is 5.48. The van der Waals surface area contributed by atoms with Gasteiger partial charge in [0, 0.05) is 36.4 Å². The summed E-state index contributed by atoms with van der Waals surface area (Å²) < 4.78 is 59.9. The molecule has 0 saturated carbocycles. The number of benzene rings is 1. The average Bonchev–Trinajstić information content (AvgIpc) is 3.47. The first-order chi connectivity index (χ1) is 17.1. The molecule has 4 aromatic rings. The molecule has 1 aromatic carbocycles. The standard InChI is InChI=1S/C23H18F4N8O/c24-17-6-16(20(29)36)18(25)5-13(17)7-23(26,27)34-10-22(11-34,2-3-28)35-9-14(8-33-35)19-15-1-4-30-21(15)32-12-31-19/h1,4-6,8-9,12H,2,7,10-11H2,(H2,29,36)(H,30,31,32). The molecule has 1 saturated heterocycles. The molecule has 3 N–H and O–H groups in total. The number of nitrogens with zero attached hydrogens (tertiary/aromatic N) is 6. The molecule has 1 aliphatic heterocycles. The smallest absolute Gasteiger partial charge is 0.309 e. The molecule has 3 aromatic heterocycles. The van der Waals surface area contributed by atoms with Crippen molar-refractivity contribution in [2.24, 2.45) is 5.73 Å². The van der Waals surface area contributed by atoms with Crippen LogP contribution < -0.4 is 5.73 Å². The van der Waals surface area contributed by atoms with E-state index in [-0.39, 0.29) is 19.5 Å². The highest BCUT2D eigenvalue weighted by Gasteiger charge is 2.54. The Morgan fingerprint density at radius 2 is 2.03 bits per heavy atom. The highest BCUT2D eigenvalue weighted by Crippen LogP contribution is 2.41. The van der Waals surface area contributed by atoms with Gasteiger partial charge in [0.1, 0.15) is 29.1 Å². The second kappa shape index (κ2) is 8.42. The number of nitriles is 1. The zero-order valence-corrected chi connectivity index (χ0v) is 18.6. The van der Waals surface area contributed by atoms with Gasteiger partial charge in [0.15, 0.2) is 0 Å². The molecule has 0 aliphatic carbocycles. The molecule has 0 radical (unpaired) electrons. The number of fused-ring (bicyclic) bond motifs is 1. The molecule has 1 amide bonds. The zero-order chi connectivity index (χ0) is 25.7. The maximum Gasteiger partial charge on any atom is 0.309 e. The summed E-state index contributed by atoms with van der Waals surface area (Å²) in [6.07, 6.45) is 5.05. The van der Waals surface area contributed by atoms with Crippen LogP contribution in [0.3, 0.4) is 0 Å². The number of carbonyl (C=O) groups excluding carboxylic acids is 1. The predicted molar refractivity (Wildman–Crippen MR) is 118 cm³/mol. The van der Waals surface area contributed by atoms with Crippen molar-refractivity contribution >= 4 is 16.9 Å². The Balaban J connectivity index is 1.37. The third-order valence-corrected chi connectivity index (χ3v) is 6.34. The lowest BCUT2D eigenvalue weighted by molar-refractivity contribution is -0.210. The molecule has 0 spiro atoms. The van der Waals surface area contributed by atoms with Crippen LogP contribution in [0.2, 0.25) is 0 Å². The number of alkyl halides is 2. The summed E-state index contributed by atoms with van der Waals surface area (Å²) in [7, 11) is 0. The molecule has 4 heterocycles. The van der Waals surface area contributed by atoms with Gasteiger partial charge in [0.25, 0.3) is 5.91 Å². The van der Waals surface area contributed by atoms with Gasteiger partial charge in [-0.3, -0.25) is 9.48 Å². The Labute approximate surface area is 201 Å². The van der Waals surface area contributed by atoms with Crippen molar-refractivity contribution in [1.29, 1.82) is 5.26 Å². The summed E-state index contributed by atoms with van der Waals surface area (Å²) in [5.74, 6) is -3.54. The first-order valence-electron chi connectivity index (χ1n) is 10.7. The number of hydrogen-bond acceptors (Lipinski definition) is 6. The molecule has 9 nitrogen and oxygen atoms in total. The van der Waals surface area contributed by atoms with E-state index in [4.69, 9.17) is 5.73 Å². The van der Waals surface area contributed by atoms with E-state index < -0.39 is 46.7 Å². The van der Waals surface area contributed by atoms with E-state index in [1.54, 1.807) is 18.5 Å². The lowest BCUT2D eigenvalue weighted by atomic mass is 9.85. The highest BCUT2D eigenvalue weighted by atomic mass is 19.3. The van der Waals surface area contributed by atoms with Gasteiger partial charge >= 0.3 is 6.05 Å².